The Bertz CT molecular complexity index is 152. The van der Waals surface area contributed by atoms with Crippen LogP contribution in [0.1, 0.15) is 46.5 Å². The van der Waals surface area contributed by atoms with Crippen LogP contribution < -0.4 is 11.1 Å². The molecule has 0 heterocycles. The van der Waals surface area contributed by atoms with Crippen LogP contribution >= 0.6 is 0 Å². The molecule has 1 aliphatic rings. The molecule has 2 unspecified atom stereocenters. The van der Waals surface area contributed by atoms with Gasteiger partial charge in [0.15, 0.2) is 0 Å². The van der Waals surface area contributed by atoms with Crippen LogP contribution in [0.4, 0.5) is 0 Å². The molecule has 3 N–H and O–H groups in total. The first-order chi connectivity index (χ1) is 6.15. The standard InChI is InChI=1S/C11H24N2/c1-4-9-7-10(9)13-8-11(12,5-2)6-3/h9-10,13H,4-8,12H2,1-3H3. The van der Waals surface area contributed by atoms with Crippen molar-refractivity contribution in [3.63, 3.8) is 0 Å². The van der Waals surface area contributed by atoms with Crippen molar-refractivity contribution in [2.45, 2.75) is 58.0 Å². The third-order valence-electron chi connectivity index (χ3n) is 3.57. The molecule has 0 aliphatic heterocycles. The fourth-order valence-electron chi connectivity index (χ4n) is 1.78. The van der Waals surface area contributed by atoms with E-state index in [0.717, 1.165) is 31.3 Å². The van der Waals surface area contributed by atoms with E-state index in [1.54, 1.807) is 0 Å². The minimum atomic E-state index is 0.0287. The Balaban J connectivity index is 2.18. The predicted octanol–water partition coefficient (Wildman–Crippen LogP) is 1.89. The molecule has 0 bridgehead atoms. The summed E-state index contributed by atoms with van der Waals surface area (Å²) in [6.45, 7) is 7.60. The van der Waals surface area contributed by atoms with Gasteiger partial charge in [0, 0.05) is 18.1 Å². The highest BCUT2D eigenvalue weighted by Crippen LogP contribution is 2.33. The van der Waals surface area contributed by atoms with Crippen molar-refractivity contribution in [3.8, 4) is 0 Å². The molecule has 78 valence electrons. The second kappa shape index (κ2) is 4.43. The molecule has 0 radical (unpaired) electrons. The van der Waals surface area contributed by atoms with Crippen molar-refractivity contribution >= 4 is 0 Å². The Morgan fingerprint density at radius 1 is 1.31 bits per heavy atom. The highest BCUT2D eigenvalue weighted by molar-refractivity contribution is 4.95. The second-order valence-corrected chi connectivity index (χ2v) is 4.46. The van der Waals surface area contributed by atoms with E-state index in [1.165, 1.54) is 12.8 Å². The average molecular weight is 184 g/mol. The molecule has 0 aromatic rings. The van der Waals surface area contributed by atoms with Crippen molar-refractivity contribution in [2.24, 2.45) is 11.7 Å². The van der Waals surface area contributed by atoms with Crippen LogP contribution in [-0.4, -0.2) is 18.1 Å². The molecule has 0 spiro atoms. The van der Waals surface area contributed by atoms with Crippen LogP contribution in [0, 0.1) is 5.92 Å². The molecule has 1 aliphatic carbocycles. The van der Waals surface area contributed by atoms with Gasteiger partial charge in [-0.25, -0.2) is 0 Å². The molecule has 0 aromatic carbocycles. The van der Waals surface area contributed by atoms with E-state index in [2.05, 4.69) is 26.1 Å². The fraction of sp³-hybridized carbons (Fsp3) is 1.00. The van der Waals surface area contributed by atoms with E-state index in [1.807, 2.05) is 0 Å². The SMILES string of the molecule is CCC1CC1NCC(N)(CC)CC. The lowest BCUT2D eigenvalue weighted by atomic mass is 9.94. The summed E-state index contributed by atoms with van der Waals surface area (Å²) < 4.78 is 0. The third-order valence-corrected chi connectivity index (χ3v) is 3.57. The molecule has 0 saturated heterocycles. The maximum absolute atomic E-state index is 6.20. The van der Waals surface area contributed by atoms with Gasteiger partial charge in [-0.2, -0.15) is 0 Å². The van der Waals surface area contributed by atoms with Crippen molar-refractivity contribution in [1.82, 2.24) is 5.32 Å². The Labute approximate surface area is 82.3 Å². The molecule has 0 amide bonds. The van der Waals surface area contributed by atoms with Crippen molar-refractivity contribution in [3.05, 3.63) is 0 Å². The largest absolute Gasteiger partial charge is 0.324 e. The summed E-state index contributed by atoms with van der Waals surface area (Å²) in [6.07, 6.45) is 4.81. The smallest absolute Gasteiger partial charge is 0.0275 e. The molecule has 1 fully saturated rings. The first-order valence-corrected chi connectivity index (χ1v) is 5.67. The lowest BCUT2D eigenvalue weighted by Gasteiger charge is -2.27. The molecule has 2 atom stereocenters. The summed E-state index contributed by atoms with van der Waals surface area (Å²) in [6, 6.07) is 0.769. The summed E-state index contributed by atoms with van der Waals surface area (Å²) >= 11 is 0. The van der Waals surface area contributed by atoms with Crippen molar-refractivity contribution in [2.75, 3.05) is 6.54 Å². The number of nitrogens with two attached hydrogens (primary N) is 1. The second-order valence-electron chi connectivity index (χ2n) is 4.46. The van der Waals surface area contributed by atoms with Crippen LogP contribution in [0.5, 0.6) is 0 Å². The maximum atomic E-state index is 6.20. The number of nitrogens with one attached hydrogen (secondary N) is 1. The van der Waals surface area contributed by atoms with Gasteiger partial charge < -0.3 is 11.1 Å². The van der Waals surface area contributed by atoms with Gasteiger partial charge >= 0.3 is 0 Å². The predicted molar refractivity (Wildman–Crippen MR) is 57.7 cm³/mol. The molecule has 2 heteroatoms. The molecular weight excluding hydrogens is 160 g/mol. The molecule has 2 nitrogen and oxygen atoms in total. The van der Waals surface area contributed by atoms with E-state index >= 15 is 0 Å². The highest BCUT2D eigenvalue weighted by atomic mass is 15.0. The summed E-state index contributed by atoms with van der Waals surface area (Å²) in [7, 11) is 0. The van der Waals surface area contributed by atoms with Gasteiger partial charge in [-0.3, -0.25) is 0 Å². The van der Waals surface area contributed by atoms with Crippen LogP contribution in [0.15, 0.2) is 0 Å². The van der Waals surface area contributed by atoms with E-state index in [4.69, 9.17) is 5.73 Å². The fourth-order valence-corrected chi connectivity index (χ4v) is 1.78. The van der Waals surface area contributed by atoms with E-state index < -0.39 is 0 Å². The summed E-state index contributed by atoms with van der Waals surface area (Å²) in [5.74, 6) is 0.929. The highest BCUT2D eigenvalue weighted by Gasteiger charge is 2.36. The molecule has 1 saturated carbocycles. The molecular formula is C11H24N2. The third kappa shape index (κ3) is 2.96. The van der Waals surface area contributed by atoms with Gasteiger partial charge in [-0.15, -0.1) is 0 Å². The van der Waals surface area contributed by atoms with Crippen LogP contribution in [0.2, 0.25) is 0 Å². The Morgan fingerprint density at radius 2 is 1.92 bits per heavy atom. The van der Waals surface area contributed by atoms with Gasteiger partial charge in [-0.1, -0.05) is 27.2 Å². The zero-order valence-corrected chi connectivity index (χ0v) is 9.27. The van der Waals surface area contributed by atoms with Gasteiger partial charge in [0.2, 0.25) is 0 Å². The summed E-state index contributed by atoms with van der Waals surface area (Å²) in [4.78, 5) is 0. The van der Waals surface area contributed by atoms with E-state index in [-0.39, 0.29) is 5.54 Å². The average Bonchev–Trinajstić information content (AvgIpc) is 2.93. The van der Waals surface area contributed by atoms with Gasteiger partial charge in [0.25, 0.3) is 0 Å². The normalized spacial score (nSPS) is 27.7. The zero-order chi connectivity index (χ0) is 9.90. The van der Waals surface area contributed by atoms with Gasteiger partial charge in [-0.05, 0) is 25.2 Å². The summed E-state index contributed by atoms with van der Waals surface area (Å²) in [5.41, 5.74) is 6.23. The minimum Gasteiger partial charge on any atom is -0.324 e. The Kier molecular flexibility index (Phi) is 3.74. The number of rotatable bonds is 6. The van der Waals surface area contributed by atoms with Crippen LogP contribution in [-0.2, 0) is 0 Å². The monoisotopic (exact) mass is 184 g/mol. The number of hydrogen-bond acceptors (Lipinski definition) is 2. The Hall–Kier alpha value is -0.0800. The van der Waals surface area contributed by atoms with Crippen molar-refractivity contribution < 1.29 is 0 Å². The first-order valence-electron chi connectivity index (χ1n) is 5.67. The van der Waals surface area contributed by atoms with E-state index in [9.17, 15) is 0 Å². The molecule has 13 heavy (non-hydrogen) atoms. The first kappa shape index (κ1) is 11.0. The quantitative estimate of drug-likeness (QED) is 0.661. The Morgan fingerprint density at radius 3 is 2.31 bits per heavy atom. The van der Waals surface area contributed by atoms with Crippen LogP contribution in [0.25, 0.3) is 0 Å². The molecule has 0 aromatic heterocycles. The van der Waals surface area contributed by atoms with E-state index in [0.29, 0.717) is 0 Å². The van der Waals surface area contributed by atoms with Crippen LogP contribution in [0.3, 0.4) is 0 Å². The minimum absolute atomic E-state index is 0.0287. The lowest BCUT2D eigenvalue weighted by Crippen LogP contribution is -2.48. The lowest BCUT2D eigenvalue weighted by molar-refractivity contribution is 0.365. The van der Waals surface area contributed by atoms with Gasteiger partial charge in [0.05, 0.1) is 0 Å². The maximum Gasteiger partial charge on any atom is 0.0275 e. The topological polar surface area (TPSA) is 38.0 Å². The molecule has 1 rings (SSSR count). The van der Waals surface area contributed by atoms with Crippen molar-refractivity contribution in [1.29, 1.82) is 0 Å². The van der Waals surface area contributed by atoms with Gasteiger partial charge in [0.1, 0.15) is 0 Å². The number of hydrogen-bond donors (Lipinski definition) is 2. The summed E-state index contributed by atoms with van der Waals surface area (Å²) in [5, 5.41) is 3.58. The zero-order valence-electron chi connectivity index (χ0n) is 9.27.